The summed E-state index contributed by atoms with van der Waals surface area (Å²) in [6, 6.07) is 0. The van der Waals surface area contributed by atoms with Crippen LogP contribution in [-0.4, -0.2) is 33.3 Å². The van der Waals surface area contributed by atoms with Crippen LogP contribution >= 0.6 is 11.8 Å². The lowest BCUT2D eigenvalue weighted by atomic mass is 9.76. The number of hydrogen-bond acceptors (Lipinski definition) is 3. The van der Waals surface area contributed by atoms with Gasteiger partial charge in [-0.3, -0.25) is 4.79 Å². The van der Waals surface area contributed by atoms with Crippen molar-refractivity contribution in [2.45, 2.75) is 32.8 Å². The highest BCUT2D eigenvalue weighted by atomic mass is 32.2. The number of carboxylic acids is 1. The van der Waals surface area contributed by atoms with Gasteiger partial charge in [0.25, 0.3) is 0 Å². The van der Waals surface area contributed by atoms with Gasteiger partial charge in [-0.25, -0.2) is 0 Å². The van der Waals surface area contributed by atoms with E-state index < -0.39 is 17.5 Å². The maximum Gasteiger partial charge on any atom is 0.309 e. The third-order valence-electron chi connectivity index (χ3n) is 2.81. The lowest BCUT2D eigenvalue weighted by molar-refractivity contribution is -0.151. The number of aliphatic carboxylic acids is 1. The smallest absolute Gasteiger partial charge is 0.309 e. The van der Waals surface area contributed by atoms with Crippen molar-refractivity contribution in [2.75, 3.05) is 11.5 Å². The molecule has 0 aromatic rings. The first-order valence-corrected chi connectivity index (χ1v) is 5.95. The average molecular weight is 218 g/mol. The van der Waals surface area contributed by atoms with Crippen molar-refractivity contribution in [3.05, 3.63) is 0 Å². The largest absolute Gasteiger partial charge is 0.481 e. The molecule has 14 heavy (non-hydrogen) atoms. The molecule has 0 saturated carbocycles. The summed E-state index contributed by atoms with van der Waals surface area (Å²) in [5.74, 6) is -0.0775. The molecule has 0 bridgehead atoms. The molecule has 0 aromatic carbocycles. The van der Waals surface area contributed by atoms with Crippen LogP contribution in [-0.2, 0) is 4.79 Å². The van der Waals surface area contributed by atoms with Crippen LogP contribution < -0.4 is 0 Å². The molecule has 0 aromatic heterocycles. The lowest BCUT2D eigenvalue weighted by Crippen LogP contribution is -2.49. The van der Waals surface area contributed by atoms with Crippen LogP contribution in [0.4, 0.5) is 0 Å². The molecule has 3 nitrogen and oxygen atoms in total. The van der Waals surface area contributed by atoms with Crippen molar-refractivity contribution < 1.29 is 15.0 Å². The standard InChI is InChI=1S/C10H18O3S/c1-7(8(11)12)10(13)4-9(2,3)5-14-6-10/h7,13H,4-6H2,1-3H3,(H,11,12). The Morgan fingerprint density at radius 3 is 2.43 bits per heavy atom. The molecular weight excluding hydrogens is 200 g/mol. The van der Waals surface area contributed by atoms with Crippen LogP contribution in [0, 0.1) is 11.3 Å². The third kappa shape index (κ3) is 2.42. The molecule has 0 radical (unpaired) electrons. The van der Waals surface area contributed by atoms with Crippen molar-refractivity contribution in [3.8, 4) is 0 Å². The Morgan fingerprint density at radius 1 is 1.43 bits per heavy atom. The Balaban J connectivity index is 2.78. The number of rotatable bonds is 2. The number of hydrogen-bond donors (Lipinski definition) is 2. The van der Waals surface area contributed by atoms with Gasteiger partial charge in [0.1, 0.15) is 0 Å². The summed E-state index contributed by atoms with van der Waals surface area (Å²) < 4.78 is 0. The maximum atomic E-state index is 10.8. The second-order valence-corrected chi connectivity index (χ2v) is 5.98. The van der Waals surface area contributed by atoms with E-state index in [1.165, 1.54) is 0 Å². The summed E-state index contributed by atoms with van der Waals surface area (Å²) in [4.78, 5) is 10.8. The minimum atomic E-state index is -1.04. The first kappa shape index (κ1) is 11.9. The number of aliphatic hydroxyl groups is 1. The van der Waals surface area contributed by atoms with E-state index in [9.17, 15) is 9.90 Å². The molecule has 0 aliphatic carbocycles. The highest BCUT2D eigenvalue weighted by Gasteiger charge is 2.45. The van der Waals surface area contributed by atoms with E-state index in [2.05, 4.69) is 13.8 Å². The average Bonchev–Trinajstić information content (AvgIpc) is 2.00. The van der Waals surface area contributed by atoms with Crippen LogP contribution in [0.2, 0.25) is 0 Å². The van der Waals surface area contributed by atoms with E-state index in [4.69, 9.17) is 5.11 Å². The van der Waals surface area contributed by atoms with E-state index >= 15 is 0 Å². The zero-order valence-electron chi connectivity index (χ0n) is 8.91. The monoisotopic (exact) mass is 218 g/mol. The maximum absolute atomic E-state index is 10.8. The fourth-order valence-corrected chi connectivity index (χ4v) is 3.41. The Bertz CT molecular complexity index is 240. The zero-order chi connectivity index (χ0) is 11.0. The summed E-state index contributed by atoms with van der Waals surface area (Å²) in [6.45, 7) is 5.72. The summed E-state index contributed by atoms with van der Waals surface area (Å²) in [7, 11) is 0. The van der Waals surface area contributed by atoms with Crippen LogP contribution in [0.1, 0.15) is 27.2 Å². The molecule has 0 spiro atoms. The van der Waals surface area contributed by atoms with E-state index in [-0.39, 0.29) is 5.41 Å². The normalized spacial score (nSPS) is 33.7. The summed E-state index contributed by atoms with van der Waals surface area (Å²) in [5.41, 5.74) is -1.01. The van der Waals surface area contributed by atoms with Crippen molar-refractivity contribution in [1.29, 1.82) is 0 Å². The van der Waals surface area contributed by atoms with Gasteiger partial charge in [-0.1, -0.05) is 13.8 Å². The van der Waals surface area contributed by atoms with Gasteiger partial charge in [0.15, 0.2) is 0 Å². The molecule has 1 aliphatic rings. The molecule has 4 heteroatoms. The lowest BCUT2D eigenvalue weighted by Gasteiger charge is -2.43. The fraction of sp³-hybridized carbons (Fsp3) is 0.900. The number of carboxylic acid groups (broad SMARTS) is 1. The van der Waals surface area contributed by atoms with Gasteiger partial charge in [-0.15, -0.1) is 0 Å². The van der Waals surface area contributed by atoms with Gasteiger partial charge in [0, 0.05) is 5.75 Å². The summed E-state index contributed by atoms with van der Waals surface area (Å²) in [6.07, 6.45) is 0.570. The molecule has 1 saturated heterocycles. The van der Waals surface area contributed by atoms with Crippen LogP contribution in [0.25, 0.3) is 0 Å². The summed E-state index contributed by atoms with van der Waals surface area (Å²) in [5, 5.41) is 19.1. The predicted octanol–water partition coefficient (Wildman–Crippen LogP) is 1.60. The predicted molar refractivity (Wildman–Crippen MR) is 57.5 cm³/mol. The van der Waals surface area contributed by atoms with Crippen LogP contribution in [0.5, 0.6) is 0 Å². The zero-order valence-corrected chi connectivity index (χ0v) is 9.73. The van der Waals surface area contributed by atoms with E-state index in [1.807, 2.05) is 0 Å². The molecule has 2 N–H and O–H groups in total. The highest BCUT2D eigenvalue weighted by Crippen LogP contribution is 2.42. The van der Waals surface area contributed by atoms with Gasteiger partial charge in [0.05, 0.1) is 11.5 Å². The number of carbonyl (C=O) groups is 1. The molecule has 1 aliphatic heterocycles. The van der Waals surface area contributed by atoms with Gasteiger partial charge in [-0.05, 0) is 24.5 Å². The van der Waals surface area contributed by atoms with E-state index in [0.29, 0.717) is 12.2 Å². The molecule has 0 amide bonds. The molecular formula is C10H18O3S. The van der Waals surface area contributed by atoms with Gasteiger partial charge >= 0.3 is 5.97 Å². The molecule has 1 rings (SSSR count). The fourth-order valence-electron chi connectivity index (χ4n) is 1.94. The van der Waals surface area contributed by atoms with Crippen LogP contribution in [0.15, 0.2) is 0 Å². The van der Waals surface area contributed by atoms with Crippen molar-refractivity contribution in [2.24, 2.45) is 11.3 Å². The quantitative estimate of drug-likeness (QED) is 0.739. The molecule has 82 valence electrons. The SMILES string of the molecule is CC(C(=O)O)C1(O)CSCC(C)(C)C1. The second-order valence-electron chi connectivity index (χ2n) is 5.00. The van der Waals surface area contributed by atoms with Crippen molar-refractivity contribution >= 4 is 17.7 Å². The molecule has 2 unspecified atom stereocenters. The minimum Gasteiger partial charge on any atom is -0.481 e. The second kappa shape index (κ2) is 3.74. The van der Waals surface area contributed by atoms with Crippen LogP contribution in [0.3, 0.4) is 0 Å². The Kier molecular flexibility index (Phi) is 3.17. The van der Waals surface area contributed by atoms with Gasteiger partial charge in [-0.2, -0.15) is 11.8 Å². The molecule has 1 fully saturated rings. The molecule has 2 atom stereocenters. The Morgan fingerprint density at radius 2 is 2.00 bits per heavy atom. The topological polar surface area (TPSA) is 57.5 Å². The van der Waals surface area contributed by atoms with Crippen molar-refractivity contribution in [1.82, 2.24) is 0 Å². The van der Waals surface area contributed by atoms with Crippen molar-refractivity contribution in [3.63, 3.8) is 0 Å². The van der Waals surface area contributed by atoms with Gasteiger partial charge < -0.3 is 10.2 Å². The Hall–Kier alpha value is -0.220. The highest BCUT2D eigenvalue weighted by molar-refractivity contribution is 7.99. The number of thioether (sulfide) groups is 1. The van der Waals surface area contributed by atoms with Gasteiger partial charge in [0.2, 0.25) is 0 Å². The minimum absolute atomic E-state index is 0.0291. The van der Waals surface area contributed by atoms with E-state index in [0.717, 1.165) is 5.75 Å². The third-order valence-corrected chi connectivity index (χ3v) is 4.50. The molecule has 1 heterocycles. The first-order valence-electron chi connectivity index (χ1n) is 4.80. The Labute approximate surface area is 88.9 Å². The summed E-state index contributed by atoms with van der Waals surface area (Å²) >= 11 is 1.64. The van der Waals surface area contributed by atoms with E-state index in [1.54, 1.807) is 18.7 Å². The first-order chi connectivity index (χ1) is 6.27.